The summed E-state index contributed by atoms with van der Waals surface area (Å²) in [7, 11) is 0. The lowest BCUT2D eigenvalue weighted by Crippen LogP contribution is -2.11. The number of nitrogens with one attached hydrogen (secondary N) is 1. The van der Waals surface area contributed by atoms with Crippen molar-refractivity contribution in [2.24, 2.45) is 11.8 Å². The molecule has 0 amide bonds. The Kier molecular flexibility index (Phi) is 4.35. The molecule has 2 aromatic rings. The first-order chi connectivity index (χ1) is 9.49. The number of hydrogen-bond donors (Lipinski definition) is 2. The van der Waals surface area contributed by atoms with E-state index < -0.39 is 0 Å². The van der Waals surface area contributed by atoms with E-state index in [9.17, 15) is 0 Å². The van der Waals surface area contributed by atoms with Crippen molar-refractivity contribution in [2.45, 2.75) is 34.1 Å². The van der Waals surface area contributed by atoms with Crippen LogP contribution in [0.2, 0.25) is 0 Å². The maximum absolute atomic E-state index is 5.51. The van der Waals surface area contributed by atoms with Crippen molar-refractivity contribution in [2.75, 3.05) is 5.43 Å². The molecule has 1 aromatic carbocycles. The highest BCUT2D eigenvalue weighted by atomic mass is 15.3. The van der Waals surface area contributed by atoms with Crippen LogP contribution in [0.25, 0.3) is 11.4 Å². The second-order valence-corrected chi connectivity index (χ2v) is 5.61. The Morgan fingerprint density at radius 1 is 1.10 bits per heavy atom. The first-order valence-corrected chi connectivity index (χ1v) is 6.91. The van der Waals surface area contributed by atoms with Crippen molar-refractivity contribution < 1.29 is 0 Å². The zero-order valence-corrected chi connectivity index (χ0v) is 12.6. The number of hydrazine groups is 1. The number of nitrogen functional groups attached to an aromatic ring is 1. The van der Waals surface area contributed by atoms with Gasteiger partial charge in [0, 0.05) is 17.3 Å². The van der Waals surface area contributed by atoms with Gasteiger partial charge in [-0.1, -0.05) is 26.0 Å². The molecule has 0 unspecified atom stereocenters. The molecule has 0 bridgehead atoms. The molecule has 20 heavy (non-hydrogen) atoms. The van der Waals surface area contributed by atoms with E-state index in [2.05, 4.69) is 61.3 Å². The predicted molar refractivity (Wildman–Crippen MR) is 83.3 cm³/mol. The summed E-state index contributed by atoms with van der Waals surface area (Å²) in [5.74, 6) is 7.43. The number of aromatic nitrogens is 2. The Bertz CT molecular complexity index is 605. The van der Waals surface area contributed by atoms with Crippen LogP contribution in [0.4, 0.5) is 5.82 Å². The molecule has 0 saturated carbocycles. The maximum Gasteiger partial charge on any atom is 0.161 e. The van der Waals surface area contributed by atoms with Crippen molar-refractivity contribution in [3.05, 3.63) is 41.1 Å². The molecule has 0 aliphatic rings. The van der Waals surface area contributed by atoms with E-state index in [0.29, 0.717) is 11.7 Å². The van der Waals surface area contributed by atoms with Gasteiger partial charge >= 0.3 is 0 Å². The molecule has 0 saturated heterocycles. The average molecular weight is 270 g/mol. The Morgan fingerprint density at radius 3 is 2.45 bits per heavy atom. The lowest BCUT2D eigenvalue weighted by molar-refractivity contribution is 0.635. The highest BCUT2D eigenvalue weighted by molar-refractivity contribution is 5.59. The Balaban J connectivity index is 2.46. The minimum Gasteiger partial charge on any atom is -0.308 e. The van der Waals surface area contributed by atoms with Crippen LogP contribution in [0.15, 0.2) is 24.3 Å². The fourth-order valence-electron chi connectivity index (χ4n) is 2.10. The normalized spacial score (nSPS) is 10.9. The van der Waals surface area contributed by atoms with Gasteiger partial charge in [-0.3, -0.25) is 0 Å². The molecule has 0 aliphatic heterocycles. The van der Waals surface area contributed by atoms with Crippen LogP contribution in [-0.2, 0) is 6.42 Å². The third-order valence-corrected chi connectivity index (χ3v) is 3.31. The first-order valence-electron chi connectivity index (χ1n) is 6.91. The average Bonchev–Trinajstić information content (AvgIpc) is 2.40. The number of hydrogen-bond acceptors (Lipinski definition) is 4. The molecule has 4 heteroatoms. The second-order valence-electron chi connectivity index (χ2n) is 5.61. The fraction of sp³-hybridized carbons (Fsp3) is 0.375. The summed E-state index contributed by atoms with van der Waals surface area (Å²) in [6.07, 6.45) is 0.912. The second kappa shape index (κ2) is 6.01. The van der Waals surface area contributed by atoms with Crippen LogP contribution in [0.1, 0.15) is 30.7 Å². The number of benzene rings is 1. The molecule has 1 aromatic heterocycles. The number of rotatable bonds is 4. The SMILES string of the molecule is Cc1ccc(-c2nc(CC(C)C)cc(NN)n2)cc1C. The predicted octanol–water partition coefficient (Wildman–Crippen LogP) is 3.24. The van der Waals surface area contributed by atoms with E-state index >= 15 is 0 Å². The molecule has 3 N–H and O–H groups in total. The van der Waals surface area contributed by atoms with Crippen LogP contribution >= 0.6 is 0 Å². The Hall–Kier alpha value is -1.94. The van der Waals surface area contributed by atoms with E-state index in [1.165, 1.54) is 11.1 Å². The molecule has 0 atom stereocenters. The molecule has 0 radical (unpaired) electrons. The van der Waals surface area contributed by atoms with Crippen LogP contribution in [0.5, 0.6) is 0 Å². The third kappa shape index (κ3) is 3.33. The van der Waals surface area contributed by atoms with Crippen LogP contribution in [0.3, 0.4) is 0 Å². The van der Waals surface area contributed by atoms with Crippen LogP contribution in [-0.4, -0.2) is 9.97 Å². The zero-order valence-electron chi connectivity index (χ0n) is 12.6. The fourth-order valence-corrected chi connectivity index (χ4v) is 2.10. The molecule has 106 valence electrons. The largest absolute Gasteiger partial charge is 0.308 e. The van der Waals surface area contributed by atoms with Gasteiger partial charge in [-0.25, -0.2) is 15.8 Å². The third-order valence-electron chi connectivity index (χ3n) is 3.31. The number of aryl methyl sites for hydroxylation is 2. The summed E-state index contributed by atoms with van der Waals surface area (Å²) < 4.78 is 0. The minimum atomic E-state index is 0.545. The molecule has 2 rings (SSSR count). The quantitative estimate of drug-likeness (QED) is 0.661. The minimum absolute atomic E-state index is 0.545. The summed E-state index contributed by atoms with van der Waals surface area (Å²) in [5, 5.41) is 0. The summed E-state index contributed by atoms with van der Waals surface area (Å²) in [6, 6.07) is 8.17. The molecule has 0 aliphatic carbocycles. The highest BCUT2D eigenvalue weighted by Crippen LogP contribution is 2.21. The van der Waals surface area contributed by atoms with Crippen molar-refractivity contribution in [1.82, 2.24) is 9.97 Å². The topological polar surface area (TPSA) is 63.8 Å². The summed E-state index contributed by atoms with van der Waals surface area (Å²) in [5.41, 5.74) is 7.17. The maximum atomic E-state index is 5.51. The van der Waals surface area contributed by atoms with Gasteiger partial charge in [-0.15, -0.1) is 0 Å². The molecule has 1 heterocycles. The molecule has 0 spiro atoms. The smallest absolute Gasteiger partial charge is 0.161 e. The number of nitrogens with zero attached hydrogens (tertiary/aromatic N) is 2. The van der Waals surface area contributed by atoms with Gasteiger partial charge in [0.1, 0.15) is 5.82 Å². The van der Waals surface area contributed by atoms with E-state index in [1.807, 2.05) is 6.07 Å². The Morgan fingerprint density at radius 2 is 1.85 bits per heavy atom. The zero-order chi connectivity index (χ0) is 14.7. The van der Waals surface area contributed by atoms with Gasteiger partial charge in [0.2, 0.25) is 0 Å². The molecular formula is C16H22N4. The molecule has 0 fully saturated rings. The first kappa shape index (κ1) is 14.5. The molecular weight excluding hydrogens is 248 g/mol. The van der Waals surface area contributed by atoms with Crippen molar-refractivity contribution in [1.29, 1.82) is 0 Å². The van der Waals surface area contributed by atoms with Crippen molar-refractivity contribution >= 4 is 5.82 Å². The van der Waals surface area contributed by atoms with Gasteiger partial charge in [-0.2, -0.15) is 0 Å². The van der Waals surface area contributed by atoms with Crippen molar-refractivity contribution in [3.8, 4) is 11.4 Å². The van der Waals surface area contributed by atoms with Crippen LogP contribution < -0.4 is 11.3 Å². The summed E-state index contributed by atoms with van der Waals surface area (Å²) >= 11 is 0. The van der Waals surface area contributed by atoms with E-state index in [1.54, 1.807) is 0 Å². The van der Waals surface area contributed by atoms with Gasteiger partial charge in [0.15, 0.2) is 5.82 Å². The number of anilines is 1. The summed E-state index contributed by atoms with van der Waals surface area (Å²) in [4.78, 5) is 9.11. The molecule has 4 nitrogen and oxygen atoms in total. The lowest BCUT2D eigenvalue weighted by Gasteiger charge is -2.10. The highest BCUT2D eigenvalue weighted by Gasteiger charge is 2.08. The Labute approximate surface area is 120 Å². The van der Waals surface area contributed by atoms with E-state index in [0.717, 1.165) is 23.5 Å². The van der Waals surface area contributed by atoms with Gasteiger partial charge in [0.25, 0.3) is 0 Å². The van der Waals surface area contributed by atoms with Gasteiger partial charge in [-0.05, 0) is 43.4 Å². The van der Waals surface area contributed by atoms with Crippen LogP contribution in [0, 0.1) is 19.8 Å². The summed E-state index contributed by atoms with van der Waals surface area (Å²) in [6.45, 7) is 8.54. The van der Waals surface area contributed by atoms with Gasteiger partial charge < -0.3 is 5.43 Å². The van der Waals surface area contributed by atoms with E-state index in [4.69, 9.17) is 5.84 Å². The number of nitrogens with two attached hydrogens (primary N) is 1. The van der Waals surface area contributed by atoms with Crippen molar-refractivity contribution in [3.63, 3.8) is 0 Å². The van der Waals surface area contributed by atoms with Gasteiger partial charge in [0.05, 0.1) is 0 Å². The van der Waals surface area contributed by atoms with E-state index in [-0.39, 0.29) is 0 Å². The monoisotopic (exact) mass is 270 g/mol. The lowest BCUT2D eigenvalue weighted by atomic mass is 10.1. The standard InChI is InChI=1S/C16H22N4/c1-10(2)7-14-9-15(20-17)19-16(18-14)13-6-5-11(3)12(4)8-13/h5-6,8-10H,7,17H2,1-4H3,(H,18,19,20).